The van der Waals surface area contributed by atoms with Gasteiger partial charge in [-0.15, -0.1) is 10.2 Å². The molecule has 100 valence electrons. The van der Waals surface area contributed by atoms with Crippen molar-refractivity contribution in [2.45, 2.75) is 33.0 Å². The lowest BCUT2D eigenvalue weighted by Gasteiger charge is -2.34. The van der Waals surface area contributed by atoms with E-state index in [0.717, 1.165) is 18.1 Å². The lowest BCUT2D eigenvalue weighted by atomic mass is 10.2. The number of anilines is 1. The second-order valence-electron chi connectivity index (χ2n) is 4.63. The lowest BCUT2D eigenvalue weighted by Crippen LogP contribution is -2.48. The summed E-state index contributed by atoms with van der Waals surface area (Å²) < 4.78 is 5.63. The largest absolute Gasteiger partial charge is 0.373 e. The van der Waals surface area contributed by atoms with Crippen LogP contribution in [0.4, 0.5) is 5.13 Å². The van der Waals surface area contributed by atoms with E-state index in [9.17, 15) is 4.79 Å². The van der Waals surface area contributed by atoms with E-state index in [1.54, 1.807) is 0 Å². The van der Waals surface area contributed by atoms with E-state index in [1.165, 1.54) is 11.3 Å². The number of rotatable bonds is 3. The Morgan fingerprint density at radius 3 is 2.67 bits per heavy atom. The van der Waals surface area contributed by atoms with Crippen molar-refractivity contribution in [1.29, 1.82) is 0 Å². The molecule has 18 heavy (non-hydrogen) atoms. The highest BCUT2D eigenvalue weighted by atomic mass is 32.1. The fourth-order valence-corrected chi connectivity index (χ4v) is 2.73. The van der Waals surface area contributed by atoms with Crippen LogP contribution in [0.1, 0.15) is 18.9 Å². The van der Waals surface area contributed by atoms with Gasteiger partial charge in [-0.05, 0) is 20.8 Å². The second kappa shape index (κ2) is 5.73. The predicted octanol–water partition coefficient (Wildman–Crippen LogP) is 0.894. The van der Waals surface area contributed by atoms with Crippen LogP contribution >= 0.6 is 11.3 Å². The van der Waals surface area contributed by atoms with E-state index in [-0.39, 0.29) is 18.1 Å². The normalized spacial score (nSPS) is 25.1. The van der Waals surface area contributed by atoms with Gasteiger partial charge >= 0.3 is 0 Å². The van der Waals surface area contributed by atoms with Gasteiger partial charge in [0.1, 0.15) is 5.01 Å². The molecule has 0 aliphatic carbocycles. The van der Waals surface area contributed by atoms with Gasteiger partial charge in [0.05, 0.1) is 18.8 Å². The van der Waals surface area contributed by atoms with Crippen molar-refractivity contribution in [3.8, 4) is 0 Å². The number of hydrogen-bond donors (Lipinski definition) is 1. The molecule has 0 spiro atoms. The molecule has 1 aromatic rings. The predicted molar refractivity (Wildman–Crippen MR) is 69.7 cm³/mol. The highest BCUT2D eigenvalue weighted by Gasteiger charge is 2.23. The first-order chi connectivity index (χ1) is 8.52. The first-order valence-corrected chi connectivity index (χ1v) is 6.82. The van der Waals surface area contributed by atoms with Crippen LogP contribution in [0.2, 0.25) is 0 Å². The summed E-state index contributed by atoms with van der Waals surface area (Å²) in [5, 5.41) is 11.9. The Labute approximate surface area is 110 Å². The maximum atomic E-state index is 11.8. The second-order valence-corrected chi connectivity index (χ2v) is 5.81. The van der Waals surface area contributed by atoms with Gasteiger partial charge in [0.25, 0.3) is 0 Å². The van der Waals surface area contributed by atoms with Gasteiger partial charge in [-0.2, -0.15) is 0 Å². The Hall–Kier alpha value is -1.05. The van der Waals surface area contributed by atoms with Crippen LogP contribution in [-0.4, -0.2) is 52.8 Å². The molecule has 1 N–H and O–H groups in total. The van der Waals surface area contributed by atoms with E-state index in [0.29, 0.717) is 11.7 Å². The van der Waals surface area contributed by atoms with Crippen LogP contribution < -0.4 is 5.32 Å². The minimum atomic E-state index is -0.0487. The van der Waals surface area contributed by atoms with Gasteiger partial charge in [-0.1, -0.05) is 11.3 Å². The zero-order valence-electron chi connectivity index (χ0n) is 10.8. The molecule has 7 heteroatoms. The van der Waals surface area contributed by atoms with E-state index in [1.807, 2.05) is 20.8 Å². The Morgan fingerprint density at radius 1 is 1.44 bits per heavy atom. The molecule has 2 heterocycles. The Morgan fingerprint density at radius 2 is 2.11 bits per heavy atom. The molecule has 1 fully saturated rings. The topological polar surface area (TPSA) is 67.4 Å². The van der Waals surface area contributed by atoms with E-state index in [4.69, 9.17) is 4.74 Å². The molecule has 6 nitrogen and oxygen atoms in total. The van der Waals surface area contributed by atoms with E-state index >= 15 is 0 Å². The third-order valence-electron chi connectivity index (χ3n) is 2.63. The summed E-state index contributed by atoms with van der Waals surface area (Å²) >= 11 is 1.38. The van der Waals surface area contributed by atoms with Crippen molar-refractivity contribution in [2.75, 3.05) is 25.0 Å². The fourth-order valence-electron chi connectivity index (χ4n) is 2.12. The number of hydrogen-bond acceptors (Lipinski definition) is 6. The van der Waals surface area contributed by atoms with E-state index < -0.39 is 0 Å². The van der Waals surface area contributed by atoms with Gasteiger partial charge in [0.2, 0.25) is 11.0 Å². The molecule has 2 atom stereocenters. The highest BCUT2D eigenvalue weighted by Crippen LogP contribution is 2.14. The van der Waals surface area contributed by atoms with Gasteiger partial charge in [-0.25, -0.2) is 0 Å². The van der Waals surface area contributed by atoms with Crippen LogP contribution in [0.3, 0.4) is 0 Å². The van der Waals surface area contributed by atoms with Gasteiger partial charge in [0, 0.05) is 13.1 Å². The molecule has 0 unspecified atom stereocenters. The van der Waals surface area contributed by atoms with Crippen molar-refractivity contribution in [1.82, 2.24) is 15.1 Å². The monoisotopic (exact) mass is 270 g/mol. The number of carbonyl (C=O) groups is 1. The smallest absolute Gasteiger partial charge is 0.240 e. The Kier molecular flexibility index (Phi) is 4.26. The molecule has 1 aliphatic rings. The number of carbonyl (C=O) groups excluding carboxylic acids is 1. The summed E-state index contributed by atoms with van der Waals surface area (Å²) in [6.07, 6.45) is 0.343. The molecule has 0 saturated carbocycles. The highest BCUT2D eigenvalue weighted by molar-refractivity contribution is 7.15. The first-order valence-electron chi connectivity index (χ1n) is 6.00. The maximum absolute atomic E-state index is 11.8. The third-order valence-corrected chi connectivity index (χ3v) is 3.39. The maximum Gasteiger partial charge on any atom is 0.240 e. The Bertz CT molecular complexity index is 413. The summed E-state index contributed by atoms with van der Waals surface area (Å²) in [6.45, 7) is 7.85. The molecule has 1 amide bonds. The van der Waals surface area contributed by atoms with Crippen molar-refractivity contribution < 1.29 is 9.53 Å². The number of amides is 1. The summed E-state index contributed by atoms with van der Waals surface area (Å²) in [5.41, 5.74) is 0. The van der Waals surface area contributed by atoms with Crippen LogP contribution in [0.25, 0.3) is 0 Å². The molecule has 0 bridgehead atoms. The van der Waals surface area contributed by atoms with Crippen molar-refractivity contribution in [3.63, 3.8) is 0 Å². The fraction of sp³-hybridized carbons (Fsp3) is 0.727. The zero-order chi connectivity index (χ0) is 13.1. The van der Waals surface area contributed by atoms with Gasteiger partial charge in [-0.3, -0.25) is 15.0 Å². The van der Waals surface area contributed by atoms with E-state index in [2.05, 4.69) is 20.4 Å². The molecule has 1 aliphatic heterocycles. The standard InChI is InChI=1S/C11H18N4O2S/c1-7-4-15(5-8(2)17-7)6-10(16)12-11-14-13-9(3)18-11/h7-8H,4-6H2,1-3H3,(H,12,14,16)/t7-,8+. The minimum absolute atomic E-state index is 0.0487. The quantitative estimate of drug-likeness (QED) is 0.883. The first kappa shape index (κ1) is 13.4. The third kappa shape index (κ3) is 3.72. The number of ether oxygens (including phenoxy) is 1. The van der Waals surface area contributed by atoms with Crippen LogP contribution in [0.15, 0.2) is 0 Å². The average Bonchev–Trinajstić information content (AvgIpc) is 2.61. The summed E-state index contributed by atoms with van der Waals surface area (Å²) in [7, 11) is 0. The summed E-state index contributed by atoms with van der Waals surface area (Å²) in [4.78, 5) is 13.9. The molecule has 1 saturated heterocycles. The van der Waals surface area contributed by atoms with Crippen LogP contribution in [0.5, 0.6) is 0 Å². The van der Waals surface area contributed by atoms with Crippen molar-refractivity contribution >= 4 is 22.4 Å². The number of morpholine rings is 1. The average molecular weight is 270 g/mol. The van der Waals surface area contributed by atoms with Crippen molar-refractivity contribution in [3.05, 3.63) is 5.01 Å². The minimum Gasteiger partial charge on any atom is -0.373 e. The van der Waals surface area contributed by atoms with Gasteiger partial charge < -0.3 is 4.74 Å². The molecular formula is C11H18N4O2S. The number of nitrogens with zero attached hydrogens (tertiary/aromatic N) is 3. The molecular weight excluding hydrogens is 252 g/mol. The lowest BCUT2D eigenvalue weighted by molar-refractivity contribution is -0.121. The Balaban J connectivity index is 1.83. The summed E-state index contributed by atoms with van der Waals surface area (Å²) in [6, 6.07) is 0. The van der Waals surface area contributed by atoms with Crippen LogP contribution in [0, 0.1) is 6.92 Å². The van der Waals surface area contributed by atoms with Crippen LogP contribution in [-0.2, 0) is 9.53 Å². The van der Waals surface area contributed by atoms with Gasteiger partial charge in [0.15, 0.2) is 0 Å². The number of aromatic nitrogens is 2. The number of nitrogens with one attached hydrogen (secondary N) is 1. The SMILES string of the molecule is Cc1nnc(NC(=O)CN2C[C@@H](C)O[C@@H](C)C2)s1. The zero-order valence-corrected chi connectivity index (χ0v) is 11.7. The molecule has 0 aromatic carbocycles. The molecule has 1 aromatic heterocycles. The van der Waals surface area contributed by atoms with Crippen molar-refractivity contribution in [2.24, 2.45) is 0 Å². The summed E-state index contributed by atoms with van der Waals surface area (Å²) in [5.74, 6) is -0.0487. The number of aryl methyl sites for hydroxylation is 1. The molecule has 0 radical (unpaired) electrons. The molecule has 2 rings (SSSR count).